The first-order chi connectivity index (χ1) is 11.6. The molecule has 1 fully saturated rings. The summed E-state index contributed by atoms with van der Waals surface area (Å²) in [6, 6.07) is 15.4. The van der Waals surface area contributed by atoms with Crippen molar-refractivity contribution in [3.8, 4) is 5.75 Å². The fraction of sp³-hybridized carbons (Fsp3) is 0.316. The van der Waals surface area contributed by atoms with E-state index in [2.05, 4.69) is 12.1 Å². The SMILES string of the molecule is COc1ccc(Cl)cc1CC(=O)N1C[C@@H](N)[C@H](c2ccccc2)C1.Cl. The molecule has 0 unspecified atom stereocenters. The van der Waals surface area contributed by atoms with Gasteiger partial charge in [0.25, 0.3) is 0 Å². The third-order valence-electron chi connectivity index (χ3n) is 4.53. The molecule has 3 rings (SSSR count). The Morgan fingerprint density at radius 2 is 1.96 bits per heavy atom. The van der Waals surface area contributed by atoms with Crippen molar-refractivity contribution in [2.24, 2.45) is 5.73 Å². The number of carbonyl (C=O) groups is 1. The first-order valence-electron chi connectivity index (χ1n) is 7.99. The Balaban J connectivity index is 0.00000225. The number of ether oxygens (including phenoxy) is 1. The van der Waals surface area contributed by atoms with Gasteiger partial charge in [-0.3, -0.25) is 4.79 Å². The van der Waals surface area contributed by atoms with Crippen molar-refractivity contribution in [3.63, 3.8) is 0 Å². The van der Waals surface area contributed by atoms with Gasteiger partial charge >= 0.3 is 0 Å². The molecule has 2 aromatic carbocycles. The van der Waals surface area contributed by atoms with E-state index in [0.29, 0.717) is 23.9 Å². The number of nitrogens with two attached hydrogens (primary N) is 1. The van der Waals surface area contributed by atoms with Crippen LogP contribution in [-0.4, -0.2) is 37.0 Å². The molecule has 0 spiro atoms. The lowest BCUT2D eigenvalue weighted by molar-refractivity contribution is -0.129. The molecule has 2 atom stereocenters. The van der Waals surface area contributed by atoms with Crippen LogP contribution in [0, 0.1) is 0 Å². The molecule has 1 aliphatic rings. The van der Waals surface area contributed by atoms with Crippen LogP contribution in [0.3, 0.4) is 0 Å². The topological polar surface area (TPSA) is 55.6 Å². The summed E-state index contributed by atoms with van der Waals surface area (Å²) in [5.41, 5.74) is 8.25. The summed E-state index contributed by atoms with van der Waals surface area (Å²) < 4.78 is 5.32. The van der Waals surface area contributed by atoms with Crippen LogP contribution in [0.1, 0.15) is 17.0 Å². The highest BCUT2D eigenvalue weighted by molar-refractivity contribution is 6.30. The van der Waals surface area contributed by atoms with Gasteiger partial charge in [0.1, 0.15) is 5.75 Å². The Hall–Kier alpha value is -1.75. The van der Waals surface area contributed by atoms with Crippen LogP contribution < -0.4 is 10.5 Å². The molecular weight excluding hydrogens is 359 g/mol. The zero-order valence-corrected chi connectivity index (χ0v) is 15.6. The van der Waals surface area contributed by atoms with Crippen LogP contribution >= 0.6 is 24.0 Å². The molecule has 1 amide bonds. The molecule has 2 aromatic rings. The van der Waals surface area contributed by atoms with Crippen molar-refractivity contribution in [2.75, 3.05) is 20.2 Å². The van der Waals surface area contributed by atoms with E-state index in [4.69, 9.17) is 22.1 Å². The Bertz CT molecular complexity index is 725. The molecule has 1 aliphatic heterocycles. The predicted octanol–water partition coefficient (Wildman–Crippen LogP) is 3.27. The van der Waals surface area contributed by atoms with E-state index in [0.717, 1.165) is 5.56 Å². The second-order valence-corrected chi connectivity index (χ2v) is 6.55. The van der Waals surface area contributed by atoms with Crippen LogP contribution in [0.2, 0.25) is 5.02 Å². The number of nitrogens with zero attached hydrogens (tertiary/aromatic N) is 1. The van der Waals surface area contributed by atoms with Crippen molar-refractivity contribution in [1.29, 1.82) is 0 Å². The number of hydrogen-bond acceptors (Lipinski definition) is 3. The highest BCUT2D eigenvalue weighted by Crippen LogP contribution is 2.28. The van der Waals surface area contributed by atoms with E-state index in [-0.39, 0.29) is 36.7 Å². The van der Waals surface area contributed by atoms with E-state index < -0.39 is 0 Å². The number of halogens is 2. The van der Waals surface area contributed by atoms with Crippen molar-refractivity contribution in [3.05, 3.63) is 64.7 Å². The lowest BCUT2D eigenvalue weighted by Gasteiger charge is -2.17. The van der Waals surface area contributed by atoms with Crippen LogP contribution in [-0.2, 0) is 11.2 Å². The highest BCUT2D eigenvalue weighted by Gasteiger charge is 2.33. The minimum atomic E-state index is -0.0439. The van der Waals surface area contributed by atoms with Crippen molar-refractivity contribution in [2.45, 2.75) is 18.4 Å². The zero-order valence-electron chi connectivity index (χ0n) is 14.0. The average Bonchev–Trinajstić information content (AvgIpc) is 2.98. The molecule has 134 valence electrons. The maximum absolute atomic E-state index is 12.7. The van der Waals surface area contributed by atoms with E-state index in [9.17, 15) is 4.79 Å². The Labute approximate surface area is 159 Å². The van der Waals surface area contributed by atoms with Crippen molar-refractivity contribution in [1.82, 2.24) is 4.90 Å². The molecule has 0 saturated carbocycles. The maximum Gasteiger partial charge on any atom is 0.227 e. The largest absolute Gasteiger partial charge is 0.496 e. The van der Waals surface area contributed by atoms with Crippen molar-refractivity contribution >= 4 is 29.9 Å². The molecule has 2 N–H and O–H groups in total. The number of likely N-dealkylation sites (tertiary alicyclic amines) is 1. The monoisotopic (exact) mass is 380 g/mol. The first kappa shape index (κ1) is 19.6. The van der Waals surface area contributed by atoms with Crippen LogP contribution in [0.15, 0.2) is 48.5 Å². The van der Waals surface area contributed by atoms with E-state index in [1.54, 1.807) is 25.3 Å². The molecule has 25 heavy (non-hydrogen) atoms. The molecule has 0 bridgehead atoms. The van der Waals surface area contributed by atoms with E-state index in [1.165, 1.54) is 5.56 Å². The maximum atomic E-state index is 12.7. The fourth-order valence-electron chi connectivity index (χ4n) is 3.25. The Morgan fingerprint density at radius 1 is 1.24 bits per heavy atom. The third kappa shape index (κ3) is 4.46. The summed E-state index contributed by atoms with van der Waals surface area (Å²) in [7, 11) is 1.59. The first-order valence-corrected chi connectivity index (χ1v) is 8.37. The van der Waals surface area contributed by atoms with Gasteiger partial charge in [-0.15, -0.1) is 12.4 Å². The summed E-state index contributed by atoms with van der Waals surface area (Å²) in [4.78, 5) is 14.5. The van der Waals surface area contributed by atoms with Gasteiger partial charge < -0.3 is 15.4 Å². The molecule has 0 aliphatic carbocycles. The summed E-state index contributed by atoms with van der Waals surface area (Å²) in [5, 5.41) is 0.596. The normalized spacial score (nSPS) is 19.4. The summed E-state index contributed by atoms with van der Waals surface area (Å²) in [5.74, 6) is 0.900. The summed E-state index contributed by atoms with van der Waals surface area (Å²) in [6.45, 7) is 1.22. The Morgan fingerprint density at radius 3 is 2.64 bits per heavy atom. The van der Waals surface area contributed by atoms with E-state index in [1.807, 2.05) is 23.1 Å². The number of rotatable bonds is 4. The fourth-order valence-corrected chi connectivity index (χ4v) is 3.44. The van der Waals surface area contributed by atoms with Gasteiger partial charge in [-0.2, -0.15) is 0 Å². The van der Waals surface area contributed by atoms with Gasteiger partial charge in [-0.05, 0) is 23.8 Å². The quantitative estimate of drug-likeness (QED) is 0.885. The number of methoxy groups -OCH3 is 1. The van der Waals surface area contributed by atoms with Gasteiger partial charge in [0, 0.05) is 35.6 Å². The minimum Gasteiger partial charge on any atom is -0.496 e. The minimum absolute atomic E-state index is 0. The number of hydrogen-bond donors (Lipinski definition) is 1. The standard InChI is InChI=1S/C19H21ClN2O2.ClH/c1-24-18-8-7-15(20)9-14(18)10-19(23)22-11-16(17(21)12-22)13-5-3-2-4-6-13;/h2-9,16-17H,10-12,21H2,1H3;1H/t16-,17+;/m0./s1. The molecule has 1 saturated heterocycles. The second kappa shape index (κ2) is 8.56. The number of carbonyl (C=O) groups excluding carboxylic acids is 1. The predicted molar refractivity (Wildman–Crippen MR) is 103 cm³/mol. The van der Waals surface area contributed by atoms with Crippen LogP contribution in [0.4, 0.5) is 0 Å². The second-order valence-electron chi connectivity index (χ2n) is 6.11. The lowest BCUT2D eigenvalue weighted by atomic mass is 9.95. The van der Waals surface area contributed by atoms with Crippen LogP contribution in [0.5, 0.6) is 5.75 Å². The smallest absolute Gasteiger partial charge is 0.227 e. The molecule has 1 heterocycles. The van der Waals surface area contributed by atoms with Crippen molar-refractivity contribution < 1.29 is 9.53 Å². The molecule has 4 nitrogen and oxygen atoms in total. The van der Waals surface area contributed by atoms with Crippen LogP contribution in [0.25, 0.3) is 0 Å². The highest BCUT2D eigenvalue weighted by atomic mass is 35.5. The number of amides is 1. The third-order valence-corrected chi connectivity index (χ3v) is 4.76. The van der Waals surface area contributed by atoms with Gasteiger partial charge in [0.15, 0.2) is 0 Å². The summed E-state index contributed by atoms with van der Waals surface area (Å²) >= 11 is 6.04. The summed E-state index contributed by atoms with van der Waals surface area (Å²) in [6.07, 6.45) is 0.262. The number of benzene rings is 2. The van der Waals surface area contributed by atoms with Gasteiger partial charge in [-0.25, -0.2) is 0 Å². The zero-order chi connectivity index (χ0) is 17.1. The molecule has 0 radical (unpaired) electrons. The molecular formula is C19H22Cl2N2O2. The molecule has 6 heteroatoms. The van der Waals surface area contributed by atoms with E-state index >= 15 is 0 Å². The van der Waals surface area contributed by atoms with Gasteiger partial charge in [0.05, 0.1) is 13.5 Å². The lowest BCUT2D eigenvalue weighted by Crippen LogP contribution is -2.33. The van der Waals surface area contributed by atoms with Gasteiger partial charge in [0.2, 0.25) is 5.91 Å². The Kier molecular flexibility index (Phi) is 6.71. The van der Waals surface area contributed by atoms with Gasteiger partial charge in [-0.1, -0.05) is 41.9 Å². The average molecular weight is 381 g/mol. The molecule has 0 aromatic heterocycles.